The van der Waals surface area contributed by atoms with Crippen LogP contribution < -0.4 is 14.3 Å². The minimum absolute atomic E-state index is 0.693. The number of methoxy groups -OCH3 is 2. The number of thiazole rings is 1. The monoisotopic (exact) mass is 449 g/mol. The van der Waals surface area contributed by atoms with Gasteiger partial charge in [-0.15, -0.1) is 22.7 Å². The minimum Gasteiger partial charge on any atom is -0.497 e. The Morgan fingerprint density at radius 2 is 1.84 bits per heavy atom. The van der Waals surface area contributed by atoms with Crippen LogP contribution in [0.3, 0.4) is 0 Å². The van der Waals surface area contributed by atoms with Crippen LogP contribution in [-0.2, 0) is 6.42 Å². The third-order valence-corrected chi connectivity index (χ3v) is 6.36. The van der Waals surface area contributed by atoms with Crippen molar-refractivity contribution in [1.29, 1.82) is 0 Å². The van der Waals surface area contributed by atoms with Gasteiger partial charge in [-0.25, -0.2) is 4.68 Å². The van der Waals surface area contributed by atoms with Crippen LogP contribution in [0.25, 0.3) is 11.3 Å². The average Bonchev–Trinajstić information content (AvgIpc) is 3.48. The zero-order valence-electron chi connectivity index (χ0n) is 17.4. The molecule has 0 aliphatic carbocycles. The molecule has 0 aliphatic rings. The van der Waals surface area contributed by atoms with Gasteiger partial charge in [0, 0.05) is 28.4 Å². The summed E-state index contributed by atoms with van der Waals surface area (Å²) in [6.45, 7) is 0.693. The molecule has 0 aliphatic heterocycles. The Morgan fingerprint density at radius 3 is 2.58 bits per heavy atom. The molecule has 7 heteroatoms. The van der Waals surface area contributed by atoms with Crippen molar-refractivity contribution in [2.75, 3.05) is 20.8 Å². The van der Waals surface area contributed by atoms with E-state index in [-0.39, 0.29) is 0 Å². The molecule has 31 heavy (non-hydrogen) atoms. The molecule has 0 N–H and O–H groups in total. The molecule has 0 spiro atoms. The van der Waals surface area contributed by atoms with E-state index in [0.717, 1.165) is 38.9 Å². The van der Waals surface area contributed by atoms with E-state index < -0.39 is 0 Å². The first-order chi connectivity index (χ1) is 15.3. The fourth-order valence-electron chi connectivity index (χ4n) is 3.12. The van der Waals surface area contributed by atoms with E-state index in [1.165, 1.54) is 5.56 Å². The number of rotatable bonds is 8. The largest absolute Gasteiger partial charge is 0.497 e. The molecule has 158 valence electrons. The second-order valence-corrected chi connectivity index (χ2v) is 8.47. The van der Waals surface area contributed by atoms with Crippen LogP contribution in [0.4, 0.5) is 0 Å². The number of thiophene rings is 1. The summed E-state index contributed by atoms with van der Waals surface area (Å²) in [6, 6.07) is 20.2. The Morgan fingerprint density at radius 1 is 0.968 bits per heavy atom. The van der Waals surface area contributed by atoms with Crippen molar-refractivity contribution in [2.45, 2.75) is 6.42 Å². The highest BCUT2D eigenvalue weighted by Gasteiger charge is 2.13. The van der Waals surface area contributed by atoms with Crippen LogP contribution in [0, 0.1) is 0 Å². The molecule has 2 aromatic heterocycles. The number of nitrogens with zero attached hydrogens (tertiary/aromatic N) is 3. The summed E-state index contributed by atoms with van der Waals surface area (Å²) < 4.78 is 12.9. The average molecular weight is 450 g/mol. The quantitative estimate of drug-likeness (QED) is 0.342. The molecule has 0 radical (unpaired) electrons. The van der Waals surface area contributed by atoms with E-state index in [9.17, 15) is 0 Å². The van der Waals surface area contributed by atoms with Gasteiger partial charge in [0.15, 0.2) is 0 Å². The summed E-state index contributed by atoms with van der Waals surface area (Å²) in [7, 11) is 3.31. The molecule has 0 saturated carbocycles. The van der Waals surface area contributed by atoms with E-state index in [1.54, 1.807) is 36.9 Å². The van der Waals surface area contributed by atoms with Gasteiger partial charge in [-0.2, -0.15) is 5.10 Å². The summed E-state index contributed by atoms with van der Waals surface area (Å²) in [5, 5.41) is 8.87. The molecular formula is C24H23N3O2S2. The number of ether oxygens (including phenoxy) is 2. The molecule has 0 atom stereocenters. The van der Waals surface area contributed by atoms with Gasteiger partial charge < -0.3 is 9.47 Å². The van der Waals surface area contributed by atoms with Gasteiger partial charge in [-0.05, 0) is 35.6 Å². The van der Waals surface area contributed by atoms with Gasteiger partial charge in [0.2, 0.25) is 4.80 Å². The SMILES string of the molecule is COc1ccc(-c2csc(=NCCc3ccccc3)n2N=Cc2cccs2)c(OC)c1. The smallest absolute Gasteiger partial charge is 0.206 e. The molecule has 0 unspecified atom stereocenters. The van der Waals surface area contributed by atoms with Crippen LogP contribution >= 0.6 is 22.7 Å². The van der Waals surface area contributed by atoms with E-state index in [2.05, 4.69) is 29.6 Å². The lowest BCUT2D eigenvalue weighted by atomic mass is 10.1. The van der Waals surface area contributed by atoms with Crippen molar-refractivity contribution in [2.24, 2.45) is 10.1 Å². The predicted octanol–water partition coefficient (Wildman–Crippen LogP) is 5.32. The van der Waals surface area contributed by atoms with Crippen molar-refractivity contribution in [1.82, 2.24) is 4.68 Å². The van der Waals surface area contributed by atoms with Gasteiger partial charge in [-0.1, -0.05) is 36.4 Å². The van der Waals surface area contributed by atoms with Crippen LogP contribution in [0.2, 0.25) is 0 Å². The lowest BCUT2D eigenvalue weighted by Crippen LogP contribution is -2.13. The maximum atomic E-state index is 5.63. The Hall–Kier alpha value is -3.16. The summed E-state index contributed by atoms with van der Waals surface area (Å²) in [5.74, 6) is 1.48. The van der Waals surface area contributed by atoms with Crippen LogP contribution in [0.15, 0.2) is 81.5 Å². The summed E-state index contributed by atoms with van der Waals surface area (Å²) >= 11 is 3.22. The molecule has 0 bridgehead atoms. The van der Waals surface area contributed by atoms with Crippen LogP contribution in [-0.4, -0.2) is 31.7 Å². The van der Waals surface area contributed by atoms with E-state index in [0.29, 0.717) is 6.54 Å². The third kappa shape index (κ3) is 5.13. The Bertz CT molecular complexity index is 1210. The van der Waals surface area contributed by atoms with Crippen molar-refractivity contribution < 1.29 is 9.47 Å². The molecule has 5 nitrogen and oxygen atoms in total. The maximum Gasteiger partial charge on any atom is 0.206 e. The molecular weight excluding hydrogens is 426 g/mol. The summed E-state index contributed by atoms with van der Waals surface area (Å²) in [6.07, 6.45) is 2.75. The molecule has 2 heterocycles. The fourth-order valence-corrected chi connectivity index (χ4v) is 4.55. The Kier molecular flexibility index (Phi) is 6.96. The van der Waals surface area contributed by atoms with Gasteiger partial charge in [0.05, 0.1) is 26.1 Å². The molecule has 0 amide bonds. The summed E-state index contributed by atoms with van der Waals surface area (Å²) in [4.78, 5) is 6.77. The molecule has 4 rings (SSSR count). The number of aromatic nitrogens is 1. The second kappa shape index (κ2) is 10.2. The maximum absolute atomic E-state index is 5.63. The first-order valence-corrected chi connectivity index (χ1v) is 11.6. The lowest BCUT2D eigenvalue weighted by molar-refractivity contribution is 0.395. The van der Waals surface area contributed by atoms with Gasteiger partial charge in [0.1, 0.15) is 11.5 Å². The molecule has 0 fully saturated rings. The molecule has 0 saturated heterocycles. The van der Waals surface area contributed by atoms with Crippen molar-refractivity contribution in [3.8, 4) is 22.8 Å². The van der Waals surface area contributed by atoms with E-state index in [4.69, 9.17) is 19.6 Å². The van der Waals surface area contributed by atoms with Gasteiger partial charge >= 0.3 is 0 Å². The van der Waals surface area contributed by atoms with Crippen molar-refractivity contribution in [3.63, 3.8) is 0 Å². The number of benzene rings is 2. The minimum atomic E-state index is 0.693. The predicted molar refractivity (Wildman–Crippen MR) is 129 cm³/mol. The standard InChI is InChI=1S/C24H23N3O2S2/c1-28-19-10-11-21(23(15-19)29-2)22-17-31-24(25-13-12-18-7-4-3-5-8-18)27(22)26-16-20-9-6-14-30-20/h3-11,14-17H,12-13H2,1-2H3. The first-order valence-electron chi connectivity index (χ1n) is 9.83. The first kappa shape index (κ1) is 21.1. The normalized spacial score (nSPS) is 11.9. The van der Waals surface area contributed by atoms with Gasteiger partial charge in [0.25, 0.3) is 0 Å². The van der Waals surface area contributed by atoms with Crippen molar-refractivity contribution in [3.05, 3.63) is 86.7 Å². The lowest BCUT2D eigenvalue weighted by Gasteiger charge is -2.10. The van der Waals surface area contributed by atoms with Crippen LogP contribution in [0.5, 0.6) is 11.5 Å². The van der Waals surface area contributed by atoms with E-state index >= 15 is 0 Å². The van der Waals surface area contributed by atoms with Crippen LogP contribution in [0.1, 0.15) is 10.4 Å². The summed E-state index contributed by atoms with van der Waals surface area (Å²) in [5.41, 5.74) is 3.14. The fraction of sp³-hybridized carbons (Fsp3) is 0.167. The topological polar surface area (TPSA) is 48.1 Å². The number of hydrogen-bond donors (Lipinski definition) is 0. The molecule has 2 aromatic carbocycles. The highest BCUT2D eigenvalue weighted by molar-refractivity contribution is 7.11. The highest BCUT2D eigenvalue weighted by atomic mass is 32.1. The van der Waals surface area contributed by atoms with Gasteiger partial charge in [-0.3, -0.25) is 4.99 Å². The number of hydrogen-bond acceptors (Lipinski definition) is 6. The second-order valence-electron chi connectivity index (χ2n) is 6.66. The Labute approximate surface area is 189 Å². The highest BCUT2D eigenvalue weighted by Crippen LogP contribution is 2.33. The molecule has 4 aromatic rings. The van der Waals surface area contributed by atoms with Crippen molar-refractivity contribution >= 4 is 28.9 Å². The zero-order chi connectivity index (χ0) is 21.5. The Balaban J connectivity index is 1.72. The van der Waals surface area contributed by atoms with E-state index in [1.807, 2.05) is 52.7 Å². The third-order valence-electron chi connectivity index (χ3n) is 4.70. The zero-order valence-corrected chi connectivity index (χ0v) is 19.0.